The number of carboxylic acids is 1. The highest BCUT2D eigenvalue weighted by atomic mass is 16.4. The molecule has 0 spiro atoms. The summed E-state index contributed by atoms with van der Waals surface area (Å²) >= 11 is 0. The lowest BCUT2D eigenvalue weighted by Gasteiger charge is -1.79. The Morgan fingerprint density at radius 1 is 1.40 bits per heavy atom. The summed E-state index contributed by atoms with van der Waals surface area (Å²) in [5, 5.41) is 15.5. The quantitative estimate of drug-likeness (QED) is 0.585. The first-order valence-corrected chi connectivity index (χ1v) is 3.01. The first-order chi connectivity index (χ1) is 4.18. The van der Waals surface area contributed by atoms with E-state index in [0.717, 1.165) is 6.42 Å². The molecule has 0 aromatic rings. The van der Waals surface area contributed by atoms with E-state index in [9.17, 15) is 4.79 Å². The zero-order valence-corrected chi connectivity index (χ0v) is 6.42. The SMILES string of the molecule is CCCC(=O)O.CCO.O. The van der Waals surface area contributed by atoms with Gasteiger partial charge in [0.25, 0.3) is 0 Å². The molecule has 64 valence electrons. The number of rotatable bonds is 2. The third-order valence-corrected chi connectivity index (χ3v) is 0.464. The average molecular weight is 152 g/mol. The zero-order chi connectivity index (χ0) is 7.70. The van der Waals surface area contributed by atoms with E-state index < -0.39 is 5.97 Å². The molecule has 10 heavy (non-hydrogen) atoms. The van der Waals surface area contributed by atoms with Crippen LogP contribution in [0.2, 0.25) is 0 Å². The number of carboxylic acid groups (broad SMARTS) is 1. The highest BCUT2D eigenvalue weighted by Gasteiger charge is 1.87. The van der Waals surface area contributed by atoms with Crippen LogP contribution >= 0.6 is 0 Å². The van der Waals surface area contributed by atoms with Crippen molar-refractivity contribution in [2.24, 2.45) is 0 Å². The number of carbonyl (C=O) groups is 1. The van der Waals surface area contributed by atoms with Gasteiger partial charge < -0.3 is 15.7 Å². The summed E-state index contributed by atoms with van der Waals surface area (Å²) in [6.07, 6.45) is 1.02. The van der Waals surface area contributed by atoms with E-state index in [0.29, 0.717) is 6.42 Å². The molecule has 0 saturated heterocycles. The lowest BCUT2D eigenvalue weighted by Crippen LogP contribution is -1.90. The predicted molar refractivity (Wildman–Crippen MR) is 38.9 cm³/mol. The molecule has 4 N–H and O–H groups in total. The molecule has 0 aromatic carbocycles. The van der Waals surface area contributed by atoms with E-state index >= 15 is 0 Å². The normalized spacial score (nSPS) is 6.70. The van der Waals surface area contributed by atoms with Crippen LogP contribution in [-0.2, 0) is 4.79 Å². The Morgan fingerprint density at radius 3 is 1.70 bits per heavy atom. The van der Waals surface area contributed by atoms with Gasteiger partial charge in [-0.25, -0.2) is 0 Å². The summed E-state index contributed by atoms with van der Waals surface area (Å²) in [4.78, 5) is 9.60. The highest BCUT2D eigenvalue weighted by molar-refractivity contribution is 5.66. The Hall–Kier alpha value is -0.610. The van der Waals surface area contributed by atoms with Crippen molar-refractivity contribution in [3.8, 4) is 0 Å². The minimum absolute atomic E-state index is 0. The van der Waals surface area contributed by atoms with Crippen LogP contribution in [-0.4, -0.2) is 28.3 Å². The summed E-state index contributed by atoms with van der Waals surface area (Å²) in [5.74, 6) is -0.711. The first-order valence-electron chi connectivity index (χ1n) is 3.01. The van der Waals surface area contributed by atoms with Gasteiger partial charge in [0.05, 0.1) is 0 Å². The predicted octanol–water partition coefficient (Wildman–Crippen LogP) is 0.0450. The van der Waals surface area contributed by atoms with Crippen molar-refractivity contribution in [2.75, 3.05) is 6.61 Å². The summed E-state index contributed by atoms with van der Waals surface area (Å²) in [6.45, 7) is 3.77. The zero-order valence-electron chi connectivity index (χ0n) is 6.42. The van der Waals surface area contributed by atoms with Gasteiger partial charge in [-0.15, -0.1) is 0 Å². The average Bonchev–Trinajstić information content (AvgIpc) is 1.67. The van der Waals surface area contributed by atoms with Crippen molar-refractivity contribution >= 4 is 5.97 Å². The van der Waals surface area contributed by atoms with E-state index in [1.165, 1.54) is 0 Å². The molecule has 0 aliphatic carbocycles. The topological polar surface area (TPSA) is 89.0 Å². The maximum absolute atomic E-state index is 9.60. The molecule has 0 unspecified atom stereocenters. The number of aliphatic hydroxyl groups is 1. The molecule has 0 radical (unpaired) electrons. The van der Waals surface area contributed by atoms with Crippen molar-refractivity contribution in [1.29, 1.82) is 0 Å². The fraction of sp³-hybridized carbons (Fsp3) is 0.833. The van der Waals surface area contributed by atoms with Crippen LogP contribution in [0, 0.1) is 0 Å². The molecule has 0 aliphatic rings. The molecular formula is C6H16O4. The van der Waals surface area contributed by atoms with Crippen molar-refractivity contribution in [3.05, 3.63) is 0 Å². The van der Waals surface area contributed by atoms with Gasteiger partial charge in [0.15, 0.2) is 0 Å². The standard InChI is InChI=1S/C4H8O2.C2H6O.H2O/c1-2-3-4(5)6;1-2-3;/h2-3H2,1H3,(H,5,6);3H,2H2,1H3;1H2. The number of aliphatic carboxylic acids is 1. The van der Waals surface area contributed by atoms with Crippen LogP contribution in [0.1, 0.15) is 26.7 Å². The molecule has 0 atom stereocenters. The van der Waals surface area contributed by atoms with Gasteiger partial charge in [-0.2, -0.15) is 0 Å². The maximum Gasteiger partial charge on any atom is 0.303 e. The third kappa shape index (κ3) is 52.8. The van der Waals surface area contributed by atoms with Crippen molar-refractivity contribution in [2.45, 2.75) is 26.7 Å². The molecule has 0 rings (SSSR count). The molecule has 0 aromatic heterocycles. The fourth-order valence-corrected chi connectivity index (χ4v) is 0.214. The van der Waals surface area contributed by atoms with E-state index in [4.69, 9.17) is 10.2 Å². The van der Waals surface area contributed by atoms with Gasteiger partial charge in [0.2, 0.25) is 0 Å². The Bertz CT molecular complexity index is 62.8. The van der Waals surface area contributed by atoms with Crippen molar-refractivity contribution in [3.63, 3.8) is 0 Å². The van der Waals surface area contributed by atoms with E-state index in [-0.39, 0.29) is 12.1 Å². The Kier molecular flexibility index (Phi) is 25.5. The van der Waals surface area contributed by atoms with Crippen molar-refractivity contribution < 1.29 is 20.5 Å². The lowest BCUT2D eigenvalue weighted by atomic mass is 10.4. The lowest BCUT2D eigenvalue weighted by molar-refractivity contribution is -0.137. The minimum Gasteiger partial charge on any atom is -0.481 e. The fourth-order valence-electron chi connectivity index (χ4n) is 0.214. The van der Waals surface area contributed by atoms with E-state index in [2.05, 4.69) is 0 Å². The second kappa shape index (κ2) is 15.8. The second-order valence-corrected chi connectivity index (χ2v) is 1.46. The van der Waals surface area contributed by atoms with E-state index in [1.54, 1.807) is 6.92 Å². The van der Waals surface area contributed by atoms with Gasteiger partial charge in [-0.1, -0.05) is 6.92 Å². The molecule has 0 heterocycles. The molecule has 4 nitrogen and oxygen atoms in total. The van der Waals surface area contributed by atoms with Crippen LogP contribution in [0.15, 0.2) is 0 Å². The molecule has 0 fully saturated rings. The van der Waals surface area contributed by atoms with Gasteiger partial charge in [-0.3, -0.25) is 4.79 Å². The van der Waals surface area contributed by atoms with Gasteiger partial charge in [0, 0.05) is 13.0 Å². The molecule has 0 saturated carbocycles. The maximum atomic E-state index is 9.60. The largest absolute Gasteiger partial charge is 0.481 e. The van der Waals surface area contributed by atoms with Crippen molar-refractivity contribution in [1.82, 2.24) is 0 Å². The third-order valence-electron chi connectivity index (χ3n) is 0.464. The highest BCUT2D eigenvalue weighted by Crippen LogP contribution is 1.82. The molecule has 0 aliphatic heterocycles. The van der Waals surface area contributed by atoms with Gasteiger partial charge in [-0.05, 0) is 13.3 Å². The van der Waals surface area contributed by atoms with Crippen LogP contribution in [0.25, 0.3) is 0 Å². The Balaban J connectivity index is -0.000000107. The Morgan fingerprint density at radius 2 is 1.70 bits per heavy atom. The summed E-state index contributed by atoms with van der Waals surface area (Å²) in [5.41, 5.74) is 0. The number of aliphatic hydroxyl groups excluding tert-OH is 1. The van der Waals surface area contributed by atoms with Crippen LogP contribution < -0.4 is 0 Å². The monoisotopic (exact) mass is 152 g/mol. The number of hydrogen-bond donors (Lipinski definition) is 2. The summed E-state index contributed by atoms with van der Waals surface area (Å²) in [6, 6.07) is 0. The first kappa shape index (κ1) is 16.2. The van der Waals surface area contributed by atoms with Gasteiger partial charge in [0.1, 0.15) is 0 Å². The molecule has 4 heteroatoms. The Labute approximate surface area is 60.8 Å². The van der Waals surface area contributed by atoms with Crippen LogP contribution in [0.4, 0.5) is 0 Å². The van der Waals surface area contributed by atoms with E-state index in [1.807, 2.05) is 6.92 Å². The van der Waals surface area contributed by atoms with Crippen LogP contribution in [0.3, 0.4) is 0 Å². The summed E-state index contributed by atoms with van der Waals surface area (Å²) in [7, 11) is 0. The minimum atomic E-state index is -0.711. The second-order valence-electron chi connectivity index (χ2n) is 1.46. The molecule has 0 amide bonds. The number of hydrogen-bond acceptors (Lipinski definition) is 2. The smallest absolute Gasteiger partial charge is 0.303 e. The molecular weight excluding hydrogens is 136 g/mol. The summed E-state index contributed by atoms with van der Waals surface area (Å²) < 4.78 is 0. The molecule has 0 bridgehead atoms. The van der Waals surface area contributed by atoms with Crippen LogP contribution in [0.5, 0.6) is 0 Å². The van der Waals surface area contributed by atoms with Gasteiger partial charge >= 0.3 is 5.97 Å².